The maximum absolute atomic E-state index is 13.5. The van der Waals surface area contributed by atoms with Gasteiger partial charge in [-0.05, 0) is 42.8 Å². The van der Waals surface area contributed by atoms with Gasteiger partial charge in [-0.25, -0.2) is 9.37 Å². The fraction of sp³-hybridized carbons (Fsp3) is 0.0476. The molecule has 2 aromatic heterocycles. The van der Waals surface area contributed by atoms with E-state index < -0.39 is 5.82 Å². The van der Waals surface area contributed by atoms with E-state index in [1.165, 1.54) is 18.2 Å². The lowest BCUT2D eigenvalue weighted by molar-refractivity contribution is 0.102. The van der Waals surface area contributed by atoms with Crippen molar-refractivity contribution in [1.82, 2.24) is 9.38 Å². The van der Waals surface area contributed by atoms with Gasteiger partial charge in [0.05, 0.1) is 0 Å². The molecule has 0 atom stereocenters. The minimum absolute atomic E-state index is 0.256. The molecule has 1 amide bonds. The van der Waals surface area contributed by atoms with Crippen LogP contribution in [0.3, 0.4) is 0 Å². The van der Waals surface area contributed by atoms with Gasteiger partial charge in [0.15, 0.2) is 0 Å². The molecule has 0 aliphatic heterocycles. The van der Waals surface area contributed by atoms with Gasteiger partial charge in [0, 0.05) is 17.3 Å². The first kappa shape index (κ1) is 16.0. The molecule has 4 nitrogen and oxygen atoms in total. The molecule has 5 heteroatoms. The second kappa shape index (κ2) is 6.44. The summed E-state index contributed by atoms with van der Waals surface area (Å²) in [6.07, 6.45) is 1.87. The summed E-state index contributed by atoms with van der Waals surface area (Å²) in [6, 6.07) is 19.1. The molecule has 0 aliphatic carbocycles. The summed E-state index contributed by atoms with van der Waals surface area (Å²) < 4.78 is 15.3. The predicted molar refractivity (Wildman–Crippen MR) is 99.7 cm³/mol. The van der Waals surface area contributed by atoms with Gasteiger partial charge < -0.3 is 5.32 Å². The number of carbonyl (C=O) groups is 1. The van der Waals surface area contributed by atoms with Crippen LogP contribution in [0.5, 0.6) is 0 Å². The molecule has 0 unspecified atom stereocenters. The van der Waals surface area contributed by atoms with E-state index in [1.54, 1.807) is 6.07 Å². The molecule has 4 rings (SSSR count). The molecule has 26 heavy (non-hydrogen) atoms. The van der Waals surface area contributed by atoms with Crippen LogP contribution in [0.4, 0.5) is 10.2 Å². The fourth-order valence-corrected chi connectivity index (χ4v) is 2.87. The number of imidazole rings is 1. The molecule has 1 N–H and O–H groups in total. The largest absolute Gasteiger partial charge is 0.306 e. The van der Waals surface area contributed by atoms with Crippen LogP contribution < -0.4 is 5.32 Å². The van der Waals surface area contributed by atoms with E-state index in [0.717, 1.165) is 16.8 Å². The van der Waals surface area contributed by atoms with Gasteiger partial charge in [0.1, 0.15) is 23.0 Å². The summed E-state index contributed by atoms with van der Waals surface area (Å²) >= 11 is 0. The van der Waals surface area contributed by atoms with Crippen molar-refractivity contribution < 1.29 is 9.18 Å². The Kier molecular flexibility index (Phi) is 3.97. The van der Waals surface area contributed by atoms with Gasteiger partial charge >= 0.3 is 0 Å². The molecule has 128 valence electrons. The highest BCUT2D eigenvalue weighted by Gasteiger charge is 2.17. The van der Waals surface area contributed by atoms with Crippen molar-refractivity contribution in [3.05, 3.63) is 89.9 Å². The third-order valence-electron chi connectivity index (χ3n) is 4.15. The Labute approximate surface area is 149 Å². The zero-order chi connectivity index (χ0) is 18.1. The monoisotopic (exact) mass is 345 g/mol. The van der Waals surface area contributed by atoms with Gasteiger partial charge in [0.25, 0.3) is 5.91 Å². The zero-order valence-electron chi connectivity index (χ0n) is 14.1. The highest BCUT2D eigenvalue weighted by atomic mass is 19.1. The first-order chi connectivity index (χ1) is 12.6. The van der Waals surface area contributed by atoms with Crippen molar-refractivity contribution in [3.8, 4) is 11.3 Å². The van der Waals surface area contributed by atoms with Gasteiger partial charge in [-0.2, -0.15) is 0 Å². The predicted octanol–water partition coefficient (Wildman–Crippen LogP) is 4.70. The fourth-order valence-electron chi connectivity index (χ4n) is 2.87. The van der Waals surface area contributed by atoms with E-state index in [9.17, 15) is 9.18 Å². The van der Waals surface area contributed by atoms with Crippen LogP contribution in [0.2, 0.25) is 0 Å². The zero-order valence-corrected chi connectivity index (χ0v) is 14.1. The van der Waals surface area contributed by atoms with E-state index in [4.69, 9.17) is 0 Å². The highest BCUT2D eigenvalue weighted by Crippen LogP contribution is 2.29. The Hall–Kier alpha value is -3.47. The number of rotatable bonds is 3. The smallest absolute Gasteiger partial charge is 0.256 e. The molecule has 0 aliphatic rings. The lowest BCUT2D eigenvalue weighted by atomic mass is 10.1. The van der Waals surface area contributed by atoms with E-state index in [1.807, 2.05) is 60.0 Å². The lowest BCUT2D eigenvalue weighted by Crippen LogP contribution is -2.14. The maximum Gasteiger partial charge on any atom is 0.256 e. The Balaban J connectivity index is 1.83. The highest BCUT2D eigenvalue weighted by molar-refractivity contribution is 6.05. The van der Waals surface area contributed by atoms with E-state index in [2.05, 4.69) is 10.3 Å². The maximum atomic E-state index is 13.5. The summed E-state index contributed by atoms with van der Waals surface area (Å²) in [6.45, 7) is 1.99. The number of aromatic nitrogens is 2. The number of hydrogen-bond donors (Lipinski definition) is 1. The van der Waals surface area contributed by atoms with Gasteiger partial charge in [-0.15, -0.1) is 0 Å². The van der Waals surface area contributed by atoms with Crippen LogP contribution in [0.1, 0.15) is 15.9 Å². The van der Waals surface area contributed by atoms with Crippen LogP contribution >= 0.6 is 0 Å². The molecule has 2 aromatic carbocycles. The number of anilines is 1. The van der Waals surface area contributed by atoms with E-state index in [-0.39, 0.29) is 11.5 Å². The van der Waals surface area contributed by atoms with Crippen molar-refractivity contribution in [3.63, 3.8) is 0 Å². The standard InChI is InChI=1S/C21H16FN3O/c1-14-10-11-25-18(12-14)23-19(15-6-3-2-4-7-15)20(25)24-21(26)16-8-5-9-17(22)13-16/h2-13H,1H3,(H,24,26). The average Bonchev–Trinajstić information content (AvgIpc) is 3.00. The van der Waals surface area contributed by atoms with Gasteiger partial charge in [-0.3, -0.25) is 9.20 Å². The average molecular weight is 345 g/mol. The number of halogens is 1. The summed E-state index contributed by atoms with van der Waals surface area (Å²) in [5.41, 5.74) is 3.62. The van der Waals surface area contributed by atoms with Crippen molar-refractivity contribution in [2.45, 2.75) is 6.92 Å². The second-order valence-electron chi connectivity index (χ2n) is 6.07. The minimum atomic E-state index is -0.449. The number of amides is 1. The van der Waals surface area contributed by atoms with Gasteiger partial charge in [-0.1, -0.05) is 36.4 Å². The van der Waals surface area contributed by atoms with E-state index >= 15 is 0 Å². The molecule has 0 spiro atoms. The van der Waals surface area contributed by atoms with Crippen LogP contribution in [-0.2, 0) is 0 Å². The molecule has 0 bridgehead atoms. The molecule has 0 radical (unpaired) electrons. The molecule has 0 fully saturated rings. The summed E-state index contributed by atoms with van der Waals surface area (Å²) in [5, 5.41) is 2.89. The van der Waals surface area contributed by atoms with Crippen LogP contribution in [0, 0.1) is 12.7 Å². The lowest BCUT2D eigenvalue weighted by Gasteiger charge is -2.08. The van der Waals surface area contributed by atoms with Crippen molar-refractivity contribution >= 4 is 17.4 Å². The number of nitrogens with zero attached hydrogens (tertiary/aromatic N) is 2. The topological polar surface area (TPSA) is 46.4 Å². The molecule has 0 saturated carbocycles. The molecule has 4 aromatic rings. The van der Waals surface area contributed by atoms with Crippen molar-refractivity contribution in [2.75, 3.05) is 5.32 Å². The molecular formula is C21H16FN3O. The van der Waals surface area contributed by atoms with Crippen molar-refractivity contribution in [1.29, 1.82) is 0 Å². The number of fused-ring (bicyclic) bond motifs is 1. The first-order valence-corrected chi connectivity index (χ1v) is 8.23. The van der Waals surface area contributed by atoms with Crippen LogP contribution in [0.15, 0.2) is 72.9 Å². The summed E-state index contributed by atoms with van der Waals surface area (Å²) in [4.78, 5) is 17.3. The quantitative estimate of drug-likeness (QED) is 0.585. The minimum Gasteiger partial charge on any atom is -0.306 e. The molecule has 2 heterocycles. The SMILES string of the molecule is Cc1ccn2c(NC(=O)c3cccc(F)c3)c(-c3ccccc3)nc2c1. The third-order valence-corrected chi connectivity index (χ3v) is 4.15. The normalized spacial score (nSPS) is 10.8. The van der Waals surface area contributed by atoms with Crippen LogP contribution in [-0.4, -0.2) is 15.3 Å². The Morgan fingerprint density at radius 1 is 1.04 bits per heavy atom. The second-order valence-corrected chi connectivity index (χ2v) is 6.07. The molecular weight excluding hydrogens is 329 g/mol. The Bertz CT molecular complexity index is 1100. The van der Waals surface area contributed by atoms with Crippen LogP contribution in [0.25, 0.3) is 16.9 Å². The summed E-state index contributed by atoms with van der Waals surface area (Å²) in [5.74, 6) is -0.279. The number of nitrogens with one attached hydrogen (secondary N) is 1. The first-order valence-electron chi connectivity index (χ1n) is 8.23. The van der Waals surface area contributed by atoms with Crippen molar-refractivity contribution in [2.24, 2.45) is 0 Å². The number of carbonyl (C=O) groups excluding carboxylic acids is 1. The Morgan fingerprint density at radius 3 is 2.62 bits per heavy atom. The Morgan fingerprint density at radius 2 is 1.85 bits per heavy atom. The number of aryl methyl sites for hydroxylation is 1. The van der Waals surface area contributed by atoms with Gasteiger partial charge in [0.2, 0.25) is 0 Å². The number of benzene rings is 2. The third kappa shape index (κ3) is 2.95. The number of pyridine rings is 1. The number of hydrogen-bond acceptors (Lipinski definition) is 2. The molecule has 0 saturated heterocycles. The van der Waals surface area contributed by atoms with E-state index in [0.29, 0.717) is 11.5 Å². The summed E-state index contributed by atoms with van der Waals surface area (Å²) in [7, 11) is 0.